The Morgan fingerprint density at radius 2 is 1.90 bits per heavy atom. The highest BCUT2D eigenvalue weighted by Gasteiger charge is 2.17. The number of esters is 1. The normalized spacial score (nSPS) is 10.0. The predicted octanol–water partition coefficient (Wildman–Crippen LogP) is 1.51. The van der Waals surface area contributed by atoms with E-state index in [1.807, 2.05) is 0 Å². The molecule has 0 fully saturated rings. The number of ether oxygens (including phenoxy) is 1. The molecule has 0 aliphatic rings. The Bertz CT molecular complexity index is 579. The van der Waals surface area contributed by atoms with E-state index < -0.39 is 40.7 Å². The van der Waals surface area contributed by atoms with E-state index in [-0.39, 0.29) is 11.5 Å². The standard InChI is InChI=1S/C12H11F2NO5S/c1-20-12(19)6-2-9(8(14)3-7(6)13)15-10(16)4-21-5-11(17)18/h2-3H,4-5H2,1H3,(H,15,16)(H,17,18). The molecule has 0 aromatic heterocycles. The molecule has 1 rings (SSSR count). The first-order valence-corrected chi connectivity index (χ1v) is 6.67. The molecule has 0 saturated heterocycles. The quantitative estimate of drug-likeness (QED) is 0.772. The van der Waals surface area contributed by atoms with Crippen molar-refractivity contribution in [3.05, 3.63) is 29.3 Å². The van der Waals surface area contributed by atoms with Crippen molar-refractivity contribution < 1.29 is 33.0 Å². The Morgan fingerprint density at radius 1 is 1.24 bits per heavy atom. The molecule has 21 heavy (non-hydrogen) atoms. The maximum atomic E-state index is 13.5. The zero-order valence-corrected chi connectivity index (χ0v) is 11.6. The van der Waals surface area contributed by atoms with E-state index in [2.05, 4.69) is 10.1 Å². The molecule has 0 radical (unpaired) electrons. The Hall–Kier alpha value is -2.16. The minimum absolute atomic E-state index is 0.226. The number of nitrogens with one attached hydrogen (secondary N) is 1. The lowest BCUT2D eigenvalue weighted by molar-refractivity contribution is -0.133. The highest BCUT2D eigenvalue weighted by atomic mass is 32.2. The first-order chi connectivity index (χ1) is 9.85. The maximum Gasteiger partial charge on any atom is 0.340 e. The number of carboxylic acid groups (broad SMARTS) is 1. The van der Waals surface area contributed by atoms with Gasteiger partial charge in [-0.25, -0.2) is 13.6 Å². The Labute approximate surface area is 122 Å². The van der Waals surface area contributed by atoms with E-state index in [0.29, 0.717) is 6.07 Å². The molecule has 0 unspecified atom stereocenters. The highest BCUT2D eigenvalue weighted by Crippen LogP contribution is 2.20. The van der Waals surface area contributed by atoms with E-state index in [4.69, 9.17) is 5.11 Å². The second kappa shape index (κ2) is 7.58. The van der Waals surface area contributed by atoms with Crippen LogP contribution >= 0.6 is 11.8 Å². The van der Waals surface area contributed by atoms with Gasteiger partial charge in [-0.15, -0.1) is 11.8 Å². The van der Waals surface area contributed by atoms with Crippen LogP contribution in [-0.2, 0) is 14.3 Å². The number of carbonyl (C=O) groups is 3. The number of amides is 1. The van der Waals surface area contributed by atoms with Crippen molar-refractivity contribution in [2.24, 2.45) is 0 Å². The molecule has 0 heterocycles. The molecule has 114 valence electrons. The number of thioether (sulfide) groups is 1. The van der Waals surface area contributed by atoms with Gasteiger partial charge < -0.3 is 15.2 Å². The van der Waals surface area contributed by atoms with Crippen molar-refractivity contribution in [3.63, 3.8) is 0 Å². The molecule has 1 aromatic rings. The number of halogens is 2. The van der Waals surface area contributed by atoms with E-state index in [9.17, 15) is 23.2 Å². The second-order valence-electron chi connectivity index (χ2n) is 3.74. The Kier molecular flexibility index (Phi) is 6.10. The summed E-state index contributed by atoms with van der Waals surface area (Å²) in [5, 5.41) is 10.5. The maximum absolute atomic E-state index is 13.5. The van der Waals surface area contributed by atoms with E-state index in [1.54, 1.807) is 0 Å². The topological polar surface area (TPSA) is 92.7 Å². The molecule has 0 aliphatic heterocycles. The molecule has 0 aliphatic carbocycles. The van der Waals surface area contributed by atoms with Crippen LogP contribution in [0.1, 0.15) is 10.4 Å². The number of hydrogen-bond acceptors (Lipinski definition) is 5. The zero-order chi connectivity index (χ0) is 16.0. The van der Waals surface area contributed by atoms with Crippen molar-refractivity contribution in [2.45, 2.75) is 0 Å². The van der Waals surface area contributed by atoms with Gasteiger partial charge in [-0.2, -0.15) is 0 Å². The number of benzene rings is 1. The monoisotopic (exact) mass is 319 g/mol. The molecule has 6 nitrogen and oxygen atoms in total. The van der Waals surface area contributed by atoms with Gasteiger partial charge in [0.15, 0.2) is 0 Å². The minimum atomic E-state index is -1.11. The van der Waals surface area contributed by atoms with E-state index >= 15 is 0 Å². The summed E-state index contributed by atoms with van der Waals surface area (Å²) in [5.41, 5.74) is -0.912. The molecule has 1 amide bonds. The van der Waals surface area contributed by atoms with E-state index in [0.717, 1.165) is 24.9 Å². The molecule has 2 N–H and O–H groups in total. The first-order valence-electron chi connectivity index (χ1n) is 5.52. The lowest BCUT2D eigenvalue weighted by Crippen LogP contribution is -2.17. The van der Waals surface area contributed by atoms with Gasteiger partial charge in [0.25, 0.3) is 0 Å². The van der Waals surface area contributed by atoms with Crippen molar-refractivity contribution in [1.29, 1.82) is 0 Å². The van der Waals surface area contributed by atoms with Crippen LogP contribution in [0.4, 0.5) is 14.5 Å². The number of anilines is 1. The van der Waals surface area contributed by atoms with E-state index in [1.165, 1.54) is 0 Å². The summed E-state index contributed by atoms with van der Waals surface area (Å²) in [6.07, 6.45) is 0. The summed E-state index contributed by atoms with van der Waals surface area (Å²) >= 11 is 0.813. The molecular formula is C12H11F2NO5S. The van der Waals surface area contributed by atoms with Crippen LogP contribution in [0.5, 0.6) is 0 Å². The number of hydrogen-bond donors (Lipinski definition) is 2. The smallest absolute Gasteiger partial charge is 0.340 e. The molecule has 0 atom stereocenters. The third-order valence-electron chi connectivity index (χ3n) is 2.19. The Morgan fingerprint density at radius 3 is 2.48 bits per heavy atom. The molecule has 0 spiro atoms. The fraction of sp³-hybridized carbons (Fsp3) is 0.250. The van der Waals surface area contributed by atoms with Crippen LogP contribution < -0.4 is 5.32 Å². The molecule has 9 heteroatoms. The lowest BCUT2D eigenvalue weighted by Gasteiger charge is -2.08. The van der Waals surface area contributed by atoms with Gasteiger partial charge in [0.05, 0.1) is 29.9 Å². The fourth-order valence-corrected chi connectivity index (χ4v) is 1.86. The SMILES string of the molecule is COC(=O)c1cc(NC(=O)CSCC(=O)O)c(F)cc1F. The van der Waals surface area contributed by atoms with Crippen molar-refractivity contribution in [3.8, 4) is 0 Å². The van der Waals surface area contributed by atoms with Crippen LogP contribution in [-0.4, -0.2) is 41.6 Å². The van der Waals surface area contributed by atoms with Gasteiger partial charge in [0.1, 0.15) is 11.6 Å². The summed E-state index contributed by atoms with van der Waals surface area (Å²) in [7, 11) is 1.03. The number of carbonyl (C=O) groups excluding carboxylic acids is 2. The number of rotatable bonds is 6. The fourth-order valence-electron chi connectivity index (χ4n) is 1.33. The summed E-state index contributed by atoms with van der Waals surface area (Å²) in [6.45, 7) is 0. The summed E-state index contributed by atoms with van der Waals surface area (Å²) in [5.74, 6) is -5.46. The average Bonchev–Trinajstić information content (AvgIpc) is 2.40. The molecular weight excluding hydrogens is 308 g/mol. The summed E-state index contributed by atoms with van der Waals surface area (Å²) in [4.78, 5) is 33.0. The number of aliphatic carboxylic acids is 1. The summed E-state index contributed by atoms with van der Waals surface area (Å²) < 4.78 is 31.2. The van der Waals surface area contributed by atoms with Gasteiger partial charge in [-0.05, 0) is 6.07 Å². The zero-order valence-electron chi connectivity index (χ0n) is 10.8. The molecule has 1 aromatic carbocycles. The highest BCUT2D eigenvalue weighted by molar-refractivity contribution is 8.00. The van der Waals surface area contributed by atoms with Crippen LogP contribution in [0.15, 0.2) is 12.1 Å². The van der Waals surface area contributed by atoms with Crippen molar-refractivity contribution >= 4 is 35.3 Å². The van der Waals surface area contributed by atoms with Crippen molar-refractivity contribution in [1.82, 2.24) is 0 Å². The van der Waals surface area contributed by atoms with Crippen LogP contribution in [0, 0.1) is 11.6 Å². The van der Waals surface area contributed by atoms with Gasteiger partial charge in [-0.1, -0.05) is 0 Å². The third kappa shape index (κ3) is 5.03. The third-order valence-corrected chi connectivity index (χ3v) is 3.11. The van der Waals surface area contributed by atoms with Crippen LogP contribution in [0.25, 0.3) is 0 Å². The summed E-state index contributed by atoms with van der Waals surface area (Å²) in [6, 6.07) is 1.27. The largest absolute Gasteiger partial charge is 0.481 e. The van der Waals surface area contributed by atoms with Crippen molar-refractivity contribution in [2.75, 3.05) is 23.9 Å². The van der Waals surface area contributed by atoms with Gasteiger partial charge >= 0.3 is 11.9 Å². The predicted molar refractivity (Wildman–Crippen MR) is 71.3 cm³/mol. The lowest BCUT2D eigenvalue weighted by atomic mass is 10.1. The van der Waals surface area contributed by atoms with Crippen LogP contribution in [0.2, 0.25) is 0 Å². The second-order valence-corrected chi connectivity index (χ2v) is 4.72. The van der Waals surface area contributed by atoms with Gasteiger partial charge in [0.2, 0.25) is 5.91 Å². The number of carboxylic acids is 1. The average molecular weight is 319 g/mol. The minimum Gasteiger partial charge on any atom is -0.481 e. The first kappa shape index (κ1) is 16.9. The number of methoxy groups -OCH3 is 1. The van der Waals surface area contributed by atoms with Gasteiger partial charge in [-0.3, -0.25) is 9.59 Å². The molecule has 0 saturated carbocycles. The van der Waals surface area contributed by atoms with Gasteiger partial charge in [0, 0.05) is 6.07 Å². The Balaban J connectivity index is 2.81. The van der Waals surface area contributed by atoms with Crippen LogP contribution in [0.3, 0.4) is 0 Å². The molecule has 0 bridgehead atoms.